The summed E-state index contributed by atoms with van der Waals surface area (Å²) in [5, 5.41) is 13.9. The molecule has 8 heteroatoms. The van der Waals surface area contributed by atoms with Crippen molar-refractivity contribution in [1.82, 2.24) is 15.1 Å². The van der Waals surface area contributed by atoms with Crippen LogP contribution < -0.4 is 5.32 Å². The van der Waals surface area contributed by atoms with Gasteiger partial charge in [-0.15, -0.1) is 0 Å². The Morgan fingerprint density at radius 2 is 2.24 bits per heavy atom. The van der Waals surface area contributed by atoms with Gasteiger partial charge in [0.1, 0.15) is 11.7 Å². The molecule has 17 heavy (non-hydrogen) atoms. The maximum Gasteiger partial charge on any atom is 0.435 e. The lowest BCUT2D eigenvalue weighted by molar-refractivity contribution is -0.141. The summed E-state index contributed by atoms with van der Waals surface area (Å²) in [6.07, 6.45) is -4.60. The van der Waals surface area contributed by atoms with Crippen LogP contribution in [0.4, 0.5) is 13.2 Å². The molecule has 0 radical (unpaired) electrons. The van der Waals surface area contributed by atoms with Gasteiger partial charge in [0.15, 0.2) is 5.69 Å². The SMILES string of the molecule is C[C@@H](C#N)NC(=O)c1cc(C(F)(F)F)nn1C. The summed E-state index contributed by atoms with van der Waals surface area (Å²) in [6.45, 7) is 1.42. The number of nitrogens with zero attached hydrogens (tertiary/aromatic N) is 3. The Hall–Kier alpha value is -2.04. The van der Waals surface area contributed by atoms with E-state index >= 15 is 0 Å². The van der Waals surface area contributed by atoms with Crippen molar-refractivity contribution in [1.29, 1.82) is 5.26 Å². The molecule has 0 aliphatic rings. The Morgan fingerprint density at radius 1 is 1.65 bits per heavy atom. The Labute approximate surface area is 94.8 Å². The number of alkyl halides is 3. The van der Waals surface area contributed by atoms with Gasteiger partial charge in [0, 0.05) is 13.1 Å². The largest absolute Gasteiger partial charge is 0.435 e. The molecular weight excluding hydrogens is 237 g/mol. The number of nitriles is 1. The van der Waals surface area contributed by atoms with E-state index in [-0.39, 0.29) is 5.69 Å². The third-order valence-electron chi connectivity index (χ3n) is 1.94. The van der Waals surface area contributed by atoms with E-state index in [0.717, 1.165) is 4.68 Å². The van der Waals surface area contributed by atoms with Crippen molar-refractivity contribution in [2.45, 2.75) is 19.1 Å². The van der Waals surface area contributed by atoms with Gasteiger partial charge in [0.05, 0.1) is 6.07 Å². The highest BCUT2D eigenvalue weighted by molar-refractivity contribution is 5.93. The minimum atomic E-state index is -4.60. The standard InChI is InChI=1S/C9H9F3N4O/c1-5(4-13)14-8(17)6-3-7(9(10,11)12)15-16(6)2/h3,5H,1-2H3,(H,14,17)/t5-/m0/s1. The highest BCUT2D eigenvalue weighted by atomic mass is 19.4. The van der Waals surface area contributed by atoms with Crippen molar-refractivity contribution in [3.05, 3.63) is 17.5 Å². The Balaban J connectivity index is 2.97. The van der Waals surface area contributed by atoms with Gasteiger partial charge in [-0.2, -0.15) is 23.5 Å². The smallest absolute Gasteiger partial charge is 0.335 e. The van der Waals surface area contributed by atoms with Gasteiger partial charge >= 0.3 is 6.18 Å². The minimum absolute atomic E-state index is 0.251. The second-order valence-corrected chi connectivity index (χ2v) is 3.36. The van der Waals surface area contributed by atoms with Crippen molar-refractivity contribution in [3.8, 4) is 6.07 Å². The summed E-state index contributed by atoms with van der Waals surface area (Å²) in [5.74, 6) is -0.774. The lowest BCUT2D eigenvalue weighted by Crippen LogP contribution is -2.32. The molecule has 1 amide bonds. The number of carbonyl (C=O) groups excluding carboxylic acids is 1. The van der Waals surface area contributed by atoms with Gasteiger partial charge in [-0.1, -0.05) is 0 Å². The second-order valence-electron chi connectivity index (χ2n) is 3.36. The van der Waals surface area contributed by atoms with Gasteiger partial charge in [0.2, 0.25) is 0 Å². The lowest BCUT2D eigenvalue weighted by Gasteiger charge is -2.05. The molecule has 1 aromatic heterocycles. The molecule has 0 aliphatic carbocycles. The second kappa shape index (κ2) is 4.45. The predicted octanol–water partition coefficient (Wildman–Crippen LogP) is 1.08. The molecule has 0 bridgehead atoms. The van der Waals surface area contributed by atoms with Gasteiger partial charge < -0.3 is 5.32 Å². The molecule has 1 N–H and O–H groups in total. The van der Waals surface area contributed by atoms with Crippen molar-refractivity contribution >= 4 is 5.91 Å². The van der Waals surface area contributed by atoms with Crippen molar-refractivity contribution in [3.63, 3.8) is 0 Å². The first kappa shape index (κ1) is 13.0. The van der Waals surface area contributed by atoms with Crippen LogP contribution in [-0.2, 0) is 13.2 Å². The summed E-state index contributed by atoms with van der Waals surface area (Å²) in [4.78, 5) is 11.5. The number of aromatic nitrogens is 2. The van der Waals surface area contributed by atoms with Crippen LogP contribution in [0, 0.1) is 11.3 Å². The van der Waals surface area contributed by atoms with E-state index < -0.39 is 23.8 Å². The maximum atomic E-state index is 12.3. The summed E-state index contributed by atoms with van der Waals surface area (Å²) < 4.78 is 37.8. The fourth-order valence-corrected chi connectivity index (χ4v) is 1.12. The van der Waals surface area contributed by atoms with Crippen LogP contribution in [0.5, 0.6) is 0 Å². The lowest BCUT2D eigenvalue weighted by atomic mass is 10.3. The molecule has 1 aromatic rings. The van der Waals surface area contributed by atoms with E-state index in [0.29, 0.717) is 6.07 Å². The zero-order valence-corrected chi connectivity index (χ0v) is 9.04. The number of rotatable bonds is 2. The average Bonchev–Trinajstić information content (AvgIpc) is 2.59. The van der Waals surface area contributed by atoms with Crippen LogP contribution >= 0.6 is 0 Å². The predicted molar refractivity (Wildman–Crippen MR) is 50.8 cm³/mol. The van der Waals surface area contributed by atoms with Gasteiger partial charge in [-0.05, 0) is 6.92 Å². The topological polar surface area (TPSA) is 70.7 Å². The molecule has 1 atom stereocenters. The quantitative estimate of drug-likeness (QED) is 0.848. The Kier molecular flexibility index (Phi) is 3.41. The van der Waals surface area contributed by atoms with Gasteiger partial charge in [-0.3, -0.25) is 9.48 Å². The fourth-order valence-electron chi connectivity index (χ4n) is 1.12. The number of carbonyl (C=O) groups is 1. The maximum absolute atomic E-state index is 12.3. The summed E-state index contributed by atoms with van der Waals surface area (Å²) >= 11 is 0. The first-order valence-electron chi connectivity index (χ1n) is 4.57. The van der Waals surface area contributed by atoms with E-state index in [1.807, 2.05) is 0 Å². The van der Waals surface area contributed by atoms with E-state index in [1.54, 1.807) is 6.07 Å². The molecular formula is C9H9F3N4O. The summed E-state index contributed by atoms with van der Waals surface area (Å²) in [6, 6.07) is 1.59. The zero-order valence-electron chi connectivity index (χ0n) is 9.04. The molecule has 0 unspecified atom stereocenters. The highest BCUT2D eigenvalue weighted by Gasteiger charge is 2.35. The van der Waals surface area contributed by atoms with Crippen LogP contribution in [0.25, 0.3) is 0 Å². The normalized spacial score (nSPS) is 12.9. The Bertz CT molecular complexity index is 472. The fraction of sp³-hybridized carbons (Fsp3) is 0.444. The van der Waals surface area contributed by atoms with E-state index in [9.17, 15) is 18.0 Å². The van der Waals surface area contributed by atoms with Gasteiger partial charge in [0.25, 0.3) is 5.91 Å². The van der Waals surface area contributed by atoms with E-state index in [4.69, 9.17) is 5.26 Å². The molecule has 1 rings (SSSR count). The summed E-state index contributed by atoms with van der Waals surface area (Å²) in [5.41, 5.74) is -1.39. The summed E-state index contributed by atoms with van der Waals surface area (Å²) in [7, 11) is 1.22. The molecule has 0 spiro atoms. The molecule has 0 fully saturated rings. The number of nitrogens with one attached hydrogen (secondary N) is 1. The number of halogens is 3. The molecule has 1 heterocycles. The molecule has 0 aromatic carbocycles. The van der Waals surface area contributed by atoms with Gasteiger partial charge in [-0.25, -0.2) is 0 Å². The van der Waals surface area contributed by atoms with E-state index in [2.05, 4.69) is 10.4 Å². The van der Waals surface area contributed by atoms with Crippen LogP contribution in [0.1, 0.15) is 23.1 Å². The van der Waals surface area contributed by atoms with Crippen molar-refractivity contribution in [2.75, 3.05) is 0 Å². The average molecular weight is 246 g/mol. The zero-order chi connectivity index (χ0) is 13.2. The molecule has 0 saturated heterocycles. The van der Waals surface area contributed by atoms with E-state index in [1.165, 1.54) is 14.0 Å². The highest BCUT2D eigenvalue weighted by Crippen LogP contribution is 2.28. The number of hydrogen-bond acceptors (Lipinski definition) is 3. The van der Waals surface area contributed by atoms with Crippen molar-refractivity contribution < 1.29 is 18.0 Å². The molecule has 0 saturated carbocycles. The Morgan fingerprint density at radius 3 is 2.65 bits per heavy atom. The van der Waals surface area contributed by atoms with Crippen LogP contribution in [-0.4, -0.2) is 21.7 Å². The number of amides is 1. The number of hydrogen-bond donors (Lipinski definition) is 1. The van der Waals surface area contributed by atoms with Crippen LogP contribution in [0.15, 0.2) is 6.07 Å². The third kappa shape index (κ3) is 2.96. The monoisotopic (exact) mass is 246 g/mol. The minimum Gasteiger partial charge on any atom is -0.335 e. The van der Waals surface area contributed by atoms with Crippen molar-refractivity contribution in [2.24, 2.45) is 7.05 Å². The molecule has 5 nitrogen and oxygen atoms in total. The first-order chi connectivity index (χ1) is 7.75. The molecule has 0 aliphatic heterocycles. The first-order valence-corrected chi connectivity index (χ1v) is 4.57. The van der Waals surface area contributed by atoms with Crippen LogP contribution in [0.3, 0.4) is 0 Å². The van der Waals surface area contributed by atoms with Crippen LogP contribution in [0.2, 0.25) is 0 Å². The number of aryl methyl sites for hydroxylation is 1. The molecule has 92 valence electrons. The third-order valence-corrected chi connectivity index (χ3v) is 1.94.